The lowest BCUT2D eigenvalue weighted by Crippen LogP contribution is -2.45. The third-order valence-corrected chi connectivity index (χ3v) is 4.83. The van der Waals surface area contributed by atoms with Crippen molar-refractivity contribution in [2.75, 3.05) is 12.8 Å². The molecular weight excluding hydrogens is 374 g/mol. The van der Waals surface area contributed by atoms with Gasteiger partial charge >= 0.3 is 5.97 Å². The Hall–Kier alpha value is -3.65. The number of aliphatic hydroxyl groups is 1. The highest BCUT2D eigenvalue weighted by Gasteiger charge is 2.56. The van der Waals surface area contributed by atoms with Crippen LogP contribution in [0.2, 0.25) is 0 Å². The summed E-state index contributed by atoms with van der Waals surface area (Å²) >= 11 is 0. The molecule has 3 aromatic rings. The molecule has 1 aliphatic rings. The molecule has 8 heteroatoms. The van der Waals surface area contributed by atoms with Crippen LogP contribution >= 0.6 is 0 Å². The summed E-state index contributed by atoms with van der Waals surface area (Å²) in [6, 6.07) is 17.9. The summed E-state index contributed by atoms with van der Waals surface area (Å²) in [5.41, 5.74) is 7.08. The maximum atomic E-state index is 12.6. The average molecular weight is 393 g/mol. The second-order valence-corrected chi connectivity index (χ2v) is 6.69. The standard InChI is InChI=1S/C21H19N3O5/c1-27-20(26)21(12-17(24-29-21)14-7-9-15(22)10-8-14)19(25)18-11-16(23-28-18)13-5-3-2-4-6-13/h2-11,19,25H,12,22H2,1H3. The molecule has 0 fully saturated rings. The summed E-state index contributed by atoms with van der Waals surface area (Å²) in [6.07, 6.45) is -1.48. The van der Waals surface area contributed by atoms with Crippen molar-refractivity contribution >= 4 is 17.4 Å². The van der Waals surface area contributed by atoms with E-state index in [4.69, 9.17) is 19.8 Å². The number of esters is 1. The third kappa shape index (κ3) is 3.34. The number of aliphatic hydroxyl groups excluding tert-OH is 1. The van der Waals surface area contributed by atoms with Gasteiger partial charge in [0.05, 0.1) is 19.2 Å². The Labute approximate surface area is 166 Å². The highest BCUT2D eigenvalue weighted by atomic mass is 16.7. The highest BCUT2D eigenvalue weighted by Crippen LogP contribution is 2.40. The van der Waals surface area contributed by atoms with E-state index < -0.39 is 17.7 Å². The number of benzene rings is 2. The number of carbonyl (C=O) groups excluding carboxylic acids is 1. The number of nitrogens with zero attached hydrogens (tertiary/aromatic N) is 2. The van der Waals surface area contributed by atoms with Gasteiger partial charge in [0, 0.05) is 17.3 Å². The van der Waals surface area contributed by atoms with Crippen molar-refractivity contribution in [3.63, 3.8) is 0 Å². The quantitative estimate of drug-likeness (QED) is 0.505. The highest BCUT2D eigenvalue weighted by molar-refractivity contribution is 6.05. The van der Waals surface area contributed by atoms with E-state index in [0.29, 0.717) is 17.1 Å². The molecule has 4 rings (SSSR count). The predicted molar refractivity (Wildman–Crippen MR) is 105 cm³/mol. The number of hydrogen-bond donors (Lipinski definition) is 2. The van der Waals surface area contributed by atoms with Crippen LogP contribution in [-0.2, 0) is 14.4 Å². The largest absolute Gasteiger partial charge is 0.466 e. The van der Waals surface area contributed by atoms with Gasteiger partial charge in [-0.05, 0) is 17.7 Å². The molecule has 0 amide bonds. The molecule has 0 spiro atoms. The van der Waals surface area contributed by atoms with Crippen LogP contribution in [0.4, 0.5) is 5.69 Å². The van der Waals surface area contributed by atoms with Crippen LogP contribution in [-0.4, -0.2) is 34.7 Å². The molecule has 2 heterocycles. The minimum Gasteiger partial charge on any atom is -0.466 e. The van der Waals surface area contributed by atoms with Gasteiger partial charge < -0.3 is 24.9 Å². The number of rotatable bonds is 5. The zero-order chi connectivity index (χ0) is 20.4. The second-order valence-electron chi connectivity index (χ2n) is 6.69. The van der Waals surface area contributed by atoms with Gasteiger partial charge in [0.25, 0.3) is 5.60 Å². The van der Waals surface area contributed by atoms with Gasteiger partial charge in [-0.3, -0.25) is 0 Å². The van der Waals surface area contributed by atoms with Gasteiger partial charge in [-0.2, -0.15) is 0 Å². The number of aromatic nitrogens is 1. The minimum atomic E-state index is -1.78. The van der Waals surface area contributed by atoms with E-state index >= 15 is 0 Å². The Morgan fingerprint density at radius 3 is 2.59 bits per heavy atom. The first-order valence-corrected chi connectivity index (χ1v) is 8.93. The molecule has 1 aliphatic heterocycles. The molecule has 148 valence electrons. The summed E-state index contributed by atoms with van der Waals surface area (Å²) in [4.78, 5) is 18.1. The van der Waals surface area contributed by atoms with Crippen molar-refractivity contribution in [1.29, 1.82) is 0 Å². The van der Waals surface area contributed by atoms with Crippen LogP contribution in [0.15, 0.2) is 70.3 Å². The Morgan fingerprint density at radius 1 is 1.17 bits per heavy atom. The SMILES string of the molecule is COC(=O)C1(C(O)c2cc(-c3ccccc3)no2)CC(c2ccc(N)cc2)=NO1. The monoisotopic (exact) mass is 393 g/mol. The number of carbonyl (C=O) groups is 1. The van der Waals surface area contributed by atoms with Crippen LogP contribution in [0.1, 0.15) is 23.8 Å². The number of anilines is 1. The Morgan fingerprint density at radius 2 is 1.90 bits per heavy atom. The zero-order valence-electron chi connectivity index (χ0n) is 15.6. The van der Waals surface area contributed by atoms with Crippen LogP contribution in [0.25, 0.3) is 11.3 Å². The van der Waals surface area contributed by atoms with Crippen molar-refractivity contribution in [3.8, 4) is 11.3 Å². The molecule has 0 saturated carbocycles. The second kappa shape index (κ2) is 7.40. The molecule has 0 saturated heterocycles. The predicted octanol–water partition coefficient (Wildman–Crippen LogP) is 2.69. The summed E-state index contributed by atoms with van der Waals surface area (Å²) in [6.45, 7) is 0. The first kappa shape index (κ1) is 18.7. The molecule has 2 unspecified atom stereocenters. The first-order chi connectivity index (χ1) is 14.0. The van der Waals surface area contributed by atoms with E-state index in [2.05, 4.69) is 10.3 Å². The van der Waals surface area contributed by atoms with Crippen LogP contribution < -0.4 is 5.73 Å². The van der Waals surface area contributed by atoms with Crippen LogP contribution in [0.3, 0.4) is 0 Å². The van der Waals surface area contributed by atoms with E-state index in [1.165, 1.54) is 7.11 Å². The van der Waals surface area contributed by atoms with Crippen molar-refractivity contribution in [3.05, 3.63) is 72.0 Å². The fraction of sp³-hybridized carbons (Fsp3) is 0.190. The Bertz CT molecular complexity index is 1050. The van der Waals surface area contributed by atoms with E-state index in [9.17, 15) is 9.90 Å². The minimum absolute atomic E-state index is 0.00781. The maximum Gasteiger partial charge on any atom is 0.356 e. The Balaban J connectivity index is 1.63. The van der Waals surface area contributed by atoms with Crippen molar-refractivity contribution in [2.24, 2.45) is 5.16 Å². The number of hydrogen-bond acceptors (Lipinski definition) is 8. The van der Waals surface area contributed by atoms with Gasteiger partial charge in [-0.1, -0.05) is 52.8 Å². The normalized spacial score (nSPS) is 19.3. The van der Waals surface area contributed by atoms with E-state index in [0.717, 1.165) is 11.1 Å². The molecule has 0 bridgehead atoms. The van der Waals surface area contributed by atoms with Crippen molar-refractivity contribution < 1.29 is 24.0 Å². The van der Waals surface area contributed by atoms with Gasteiger partial charge in [-0.25, -0.2) is 4.79 Å². The fourth-order valence-electron chi connectivity index (χ4n) is 3.21. The summed E-state index contributed by atoms with van der Waals surface area (Å²) in [7, 11) is 1.22. The van der Waals surface area contributed by atoms with E-state index in [-0.39, 0.29) is 12.2 Å². The summed E-state index contributed by atoms with van der Waals surface area (Å²) in [5.74, 6) is -0.695. The molecule has 2 aromatic carbocycles. The number of methoxy groups -OCH3 is 1. The maximum absolute atomic E-state index is 12.6. The lowest BCUT2D eigenvalue weighted by atomic mass is 9.87. The number of oxime groups is 1. The lowest BCUT2D eigenvalue weighted by molar-refractivity contribution is -0.184. The molecule has 0 radical (unpaired) electrons. The van der Waals surface area contributed by atoms with Gasteiger partial charge in [0.15, 0.2) is 11.9 Å². The van der Waals surface area contributed by atoms with Gasteiger partial charge in [0.2, 0.25) is 0 Å². The average Bonchev–Trinajstić information content (AvgIpc) is 3.43. The van der Waals surface area contributed by atoms with E-state index in [1.807, 2.05) is 30.3 Å². The fourth-order valence-corrected chi connectivity index (χ4v) is 3.21. The number of nitrogens with two attached hydrogens (primary N) is 1. The third-order valence-electron chi connectivity index (χ3n) is 4.83. The van der Waals surface area contributed by atoms with Gasteiger partial charge in [0.1, 0.15) is 5.69 Å². The zero-order valence-corrected chi connectivity index (χ0v) is 15.6. The number of ether oxygens (including phenoxy) is 1. The molecule has 0 aliphatic carbocycles. The van der Waals surface area contributed by atoms with Gasteiger partial charge in [-0.15, -0.1) is 0 Å². The first-order valence-electron chi connectivity index (χ1n) is 8.93. The Kier molecular flexibility index (Phi) is 4.77. The summed E-state index contributed by atoms with van der Waals surface area (Å²) < 4.78 is 10.2. The molecule has 1 aromatic heterocycles. The topological polar surface area (TPSA) is 120 Å². The van der Waals surface area contributed by atoms with Crippen LogP contribution in [0, 0.1) is 0 Å². The number of nitrogen functional groups attached to an aromatic ring is 1. The molecule has 3 N–H and O–H groups in total. The molecule has 29 heavy (non-hydrogen) atoms. The van der Waals surface area contributed by atoms with Crippen LogP contribution in [0.5, 0.6) is 0 Å². The molecule has 2 atom stereocenters. The smallest absolute Gasteiger partial charge is 0.356 e. The summed E-state index contributed by atoms with van der Waals surface area (Å²) in [5, 5.41) is 19.0. The lowest BCUT2D eigenvalue weighted by Gasteiger charge is -2.26. The van der Waals surface area contributed by atoms with Crippen molar-refractivity contribution in [2.45, 2.75) is 18.1 Å². The van der Waals surface area contributed by atoms with Crippen molar-refractivity contribution in [1.82, 2.24) is 5.16 Å². The van der Waals surface area contributed by atoms with E-state index in [1.54, 1.807) is 30.3 Å². The molecule has 8 nitrogen and oxygen atoms in total. The molecular formula is C21H19N3O5.